The van der Waals surface area contributed by atoms with E-state index in [1.54, 1.807) is 11.3 Å². The van der Waals surface area contributed by atoms with Gasteiger partial charge in [-0.3, -0.25) is 4.99 Å². The van der Waals surface area contributed by atoms with Crippen molar-refractivity contribution in [1.29, 1.82) is 0 Å². The summed E-state index contributed by atoms with van der Waals surface area (Å²) in [5.41, 5.74) is 0. The Labute approximate surface area is 171 Å². The van der Waals surface area contributed by atoms with E-state index >= 15 is 0 Å². The summed E-state index contributed by atoms with van der Waals surface area (Å²) in [4.78, 5) is 12.8. The Morgan fingerprint density at radius 3 is 2.92 bits per heavy atom. The molecule has 8 heteroatoms. The van der Waals surface area contributed by atoms with Gasteiger partial charge in [0.25, 0.3) is 0 Å². The van der Waals surface area contributed by atoms with Gasteiger partial charge in [0.15, 0.2) is 5.96 Å². The van der Waals surface area contributed by atoms with Crippen LogP contribution in [0.5, 0.6) is 0 Å². The molecule has 142 valence electrons. The topological polar surface area (TPSA) is 59.0 Å². The smallest absolute Gasteiger partial charge is 0.194 e. The van der Waals surface area contributed by atoms with Gasteiger partial charge in [0.05, 0.1) is 17.7 Å². The Morgan fingerprint density at radius 1 is 1.40 bits per heavy atom. The zero-order valence-corrected chi connectivity index (χ0v) is 18.2. The Balaban J connectivity index is 0.00000225. The van der Waals surface area contributed by atoms with Crippen LogP contribution in [0.3, 0.4) is 0 Å². The Hall–Kier alpha value is -0.450. The van der Waals surface area contributed by atoms with Crippen molar-refractivity contribution in [1.82, 2.24) is 15.2 Å². The SMILES string of the molecule is CCNC(=NCCc1ncc(C)s1)N1CCOC(C2CCCO2)C1.I. The van der Waals surface area contributed by atoms with E-state index in [1.165, 1.54) is 4.88 Å². The number of halogens is 1. The minimum Gasteiger partial charge on any atom is -0.375 e. The number of hydrogen-bond acceptors (Lipinski definition) is 5. The molecule has 25 heavy (non-hydrogen) atoms. The summed E-state index contributed by atoms with van der Waals surface area (Å²) in [7, 11) is 0. The lowest BCUT2D eigenvalue weighted by molar-refractivity contribution is -0.0817. The molecule has 2 unspecified atom stereocenters. The van der Waals surface area contributed by atoms with Gasteiger partial charge in [0.2, 0.25) is 0 Å². The van der Waals surface area contributed by atoms with Crippen LogP contribution in [0.4, 0.5) is 0 Å². The van der Waals surface area contributed by atoms with Crippen molar-refractivity contribution in [2.75, 3.05) is 39.4 Å². The predicted octanol–water partition coefficient (Wildman–Crippen LogP) is 2.46. The molecule has 0 amide bonds. The third kappa shape index (κ3) is 6.04. The van der Waals surface area contributed by atoms with Crippen LogP contribution in [0.1, 0.15) is 29.7 Å². The van der Waals surface area contributed by atoms with E-state index in [2.05, 4.69) is 29.0 Å². The van der Waals surface area contributed by atoms with Crippen molar-refractivity contribution in [3.8, 4) is 0 Å². The second-order valence-corrected chi connectivity index (χ2v) is 7.58. The number of nitrogens with zero attached hydrogens (tertiary/aromatic N) is 3. The maximum atomic E-state index is 5.94. The van der Waals surface area contributed by atoms with Crippen LogP contribution in [0.25, 0.3) is 0 Å². The van der Waals surface area contributed by atoms with Crippen molar-refractivity contribution in [2.45, 2.75) is 45.3 Å². The molecule has 1 aromatic rings. The predicted molar refractivity (Wildman–Crippen MR) is 112 cm³/mol. The van der Waals surface area contributed by atoms with Crippen molar-refractivity contribution >= 4 is 41.3 Å². The summed E-state index contributed by atoms with van der Waals surface area (Å²) in [5.74, 6) is 0.983. The van der Waals surface area contributed by atoms with E-state index in [0.29, 0.717) is 0 Å². The van der Waals surface area contributed by atoms with Crippen LogP contribution in [-0.2, 0) is 15.9 Å². The van der Waals surface area contributed by atoms with E-state index in [9.17, 15) is 0 Å². The first-order valence-corrected chi connectivity index (χ1v) is 9.75. The molecule has 0 radical (unpaired) electrons. The highest BCUT2D eigenvalue weighted by molar-refractivity contribution is 14.0. The summed E-state index contributed by atoms with van der Waals surface area (Å²) in [6.07, 6.45) is 5.48. The molecule has 0 aliphatic carbocycles. The number of guanidine groups is 1. The van der Waals surface area contributed by atoms with Crippen LogP contribution < -0.4 is 5.32 Å². The summed E-state index contributed by atoms with van der Waals surface area (Å²) < 4.78 is 11.7. The fourth-order valence-electron chi connectivity index (χ4n) is 3.19. The number of aliphatic imine (C=N–C) groups is 1. The maximum Gasteiger partial charge on any atom is 0.194 e. The van der Waals surface area contributed by atoms with Gasteiger partial charge >= 0.3 is 0 Å². The van der Waals surface area contributed by atoms with Crippen molar-refractivity contribution in [3.63, 3.8) is 0 Å². The van der Waals surface area contributed by atoms with Gasteiger partial charge < -0.3 is 19.7 Å². The van der Waals surface area contributed by atoms with E-state index in [-0.39, 0.29) is 36.2 Å². The van der Waals surface area contributed by atoms with E-state index < -0.39 is 0 Å². The van der Waals surface area contributed by atoms with Gasteiger partial charge in [-0.1, -0.05) is 0 Å². The fourth-order valence-corrected chi connectivity index (χ4v) is 3.96. The zero-order valence-electron chi connectivity index (χ0n) is 15.1. The first kappa shape index (κ1) is 20.9. The number of ether oxygens (including phenoxy) is 2. The molecule has 2 saturated heterocycles. The Kier molecular flexibility index (Phi) is 8.88. The monoisotopic (exact) mass is 480 g/mol. The van der Waals surface area contributed by atoms with Gasteiger partial charge in [-0.05, 0) is 26.7 Å². The average Bonchev–Trinajstić information content (AvgIpc) is 3.26. The molecule has 2 aliphatic rings. The lowest BCUT2D eigenvalue weighted by Crippen LogP contribution is -2.53. The Bertz CT molecular complexity index is 549. The lowest BCUT2D eigenvalue weighted by atomic mass is 10.1. The van der Waals surface area contributed by atoms with E-state index in [4.69, 9.17) is 14.5 Å². The van der Waals surface area contributed by atoms with E-state index in [0.717, 1.165) is 69.6 Å². The standard InChI is InChI=1S/C17H28N4O2S.HI/c1-3-18-17(19-7-6-16-20-11-13(2)24-16)21-8-10-23-15(12-21)14-5-4-9-22-14;/h11,14-15H,3-10,12H2,1-2H3,(H,18,19);1H. The molecule has 1 aromatic heterocycles. The van der Waals surface area contributed by atoms with Gasteiger partial charge in [0, 0.05) is 50.3 Å². The lowest BCUT2D eigenvalue weighted by Gasteiger charge is -2.37. The maximum absolute atomic E-state index is 5.94. The summed E-state index contributed by atoms with van der Waals surface area (Å²) in [6, 6.07) is 0. The fraction of sp³-hybridized carbons (Fsp3) is 0.765. The van der Waals surface area contributed by atoms with E-state index in [1.807, 2.05) is 6.20 Å². The summed E-state index contributed by atoms with van der Waals surface area (Å²) in [5, 5.41) is 4.58. The number of rotatable bonds is 5. The molecule has 1 N–H and O–H groups in total. The third-order valence-corrected chi connectivity index (χ3v) is 5.34. The van der Waals surface area contributed by atoms with Crippen molar-refractivity contribution < 1.29 is 9.47 Å². The number of aryl methyl sites for hydroxylation is 1. The second-order valence-electron chi connectivity index (χ2n) is 6.26. The molecule has 2 atom stereocenters. The highest BCUT2D eigenvalue weighted by Gasteiger charge is 2.32. The number of hydrogen-bond donors (Lipinski definition) is 1. The molecule has 2 fully saturated rings. The number of nitrogens with one attached hydrogen (secondary N) is 1. The molecule has 3 rings (SSSR count). The van der Waals surface area contributed by atoms with Crippen LogP contribution in [0.15, 0.2) is 11.2 Å². The first-order valence-electron chi connectivity index (χ1n) is 8.94. The number of thiazole rings is 1. The quantitative estimate of drug-likeness (QED) is 0.399. The zero-order chi connectivity index (χ0) is 16.8. The third-order valence-electron chi connectivity index (χ3n) is 4.36. The van der Waals surface area contributed by atoms with Crippen LogP contribution in [0.2, 0.25) is 0 Å². The van der Waals surface area contributed by atoms with Crippen molar-refractivity contribution in [3.05, 3.63) is 16.1 Å². The van der Waals surface area contributed by atoms with Gasteiger partial charge in [0.1, 0.15) is 6.10 Å². The molecule has 0 saturated carbocycles. The van der Waals surface area contributed by atoms with Crippen molar-refractivity contribution in [2.24, 2.45) is 4.99 Å². The molecular formula is C17H29IN4O2S. The summed E-state index contributed by atoms with van der Waals surface area (Å²) in [6.45, 7) is 9.17. The molecule has 0 spiro atoms. The van der Waals surface area contributed by atoms with Gasteiger partial charge in [-0.25, -0.2) is 4.98 Å². The first-order chi connectivity index (χ1) is 11.8. The molecule has 6 nitrogen and oxygen atoms in total. The average molecular weight is 480 g/mol. The highest BCUT2D eigenvalue weighted by atomic mass is 127. The largest absolute Gasteiger partial charge is 0.375 e. The minimum absolute atomic E-state index is 0. The highest BCUT2D eigenvalue weighted by Crippen LogP contribution is 2.21. The molecule has 0 aromatic carbocycles. The second kappa shape index (κ2) is 10.6. The summed E-state index contributed by atoms with van der Waals surface area (Å²) >= 11 is 1.75. The number of aromatic nitrogens is 1. The molecule has 0 bridgehead atoms. The molecule has 2 aliphatic heterocycles. The van der Waals surface area contributed by atoms with Gasteiger partial charge in [-0.15, -0.1) is 35.3 Å². The number of morpholine rings is 1. The van der Waals surface area contributed by atoms with Crippen LogP contribution in [-0.4, -0.2) is 67.4 Å². The Morgan fingerprint density at radius 2 is 2.24 bits per heavy atom. The minimum atomic E-state index is 0. The molecular weight excluding hydrogens is 451 g/mol. The normalized spacial score (nSPS) is 24.2. The van der Waals surface area contributed by atoms with Crippen LogP contribution >= 0.6 is 35.3 Å². The van der Waals surface area contributed by atoms with Gasteiger partial charge in [-0.2, -0.15) is 0 Å². The van der Waals surface area contributed by atoms with Crippen LogP contribution in [0, 0.1) is 6.92 Å². The molecule has 3 heterocycles.